The highest BCUT2D eigenvalue weighted by Crippen LogP contribution is 2.11. The molecule has 0 saturated carbocycles. The van der Waals surface area contributed by atoms with Crippen LogP contribution in [0.2, 0.25) is 0 Å². The number of rotatable bonds is 4. The van der Waals surface area contributed by atoms with Gasteiger partial charge < -0.3 is 5.32 Å². The maximum Gasteiger partial charge on any atom is 0.251 e. The molecule has 0 unspecified atom stereocenters. The summed E-state index contributed by atoms with van der Waals surface area (Å²) in [5.41, 5.74) is 1.83. The first-order valence-corrected chi connectivity index (χ1v) is 7.14. The van der Waals surface area contributed by atoms with Crippen molar-refractivity contribution in [2.24, 2.45) is 0 Å². The summed E-state index contributed by atoms with van der Waals surface area (Å²) in [4.78, 5) is 11.9. The molecular formula is C14H11FN4OS. The molecule has 0 aliphatic carbocycles. The van der Waals surface area contributed by atoms with E-state index in [9.17, 15) is 9.18 Å². The second kappa shape index (κ2) is 5.84. The minimum atomic E-state index is -0.439. The number of thiophene rings is 1. The number of halogens is 1. The first kappa shape index (κ1) is 13.4. The predicted molar refractivity (Wildman–Crippen MR) is 76.8 cm³/mol. The van der Waals surface area contributed by atoms with Crippen molar-refractivity contribution >= 4 is 17.2 Å². The molecule has 3 rings (SSSR count). The van der Waals surface area contributed by atoms with Crippen molar-refractivity contribution in [3.05, 3.63) is 64.4 Å². The van der Waals surface area contributed by atoms with Gasteiger partial charge in [-0.2, -0.15) is 11.3 Å². The van der Waals surface area contributed by atoms with Gasteiger partial charge in [0.15, 0.2) is 0 Å². The third-order valence-electron chi connectivity index (χ3n) is 2.83. The summed E-state index contributed by atoms with van der Waals surface area (Å²) in [6.07, 6.45) is 1.74. The van der Waals surface area contributed by atoms with Crippen molar-refractivity contribution < 1.29 is 9.18 Å². The number of nitrogens with zero attached hydrogens (tertiary/aromatic N) is 3. The van der Waals surface area contributed by atoms with E-state index < -0.39 is 5.82 Å². The second-order valence-corrected chi connectivity index (χ2v) is 5.11. The van der Waals surface area contributed by atoms with Gasteiger partial charge in [0.25, 0.3) is 5.91 Å². The molecule has 0 aliphatic heterocycles. The van der Waals surface area contributed by atoms with Crippen molar-refractivity contribution in [3.8, 4) is 5.69 Å². The number of aromatic nitrogens is 3. The molecule has 106 valence electrons. The molecule has 2 aromatic heterocycles. The van der Waals surface area contributed by atoms with E-state index >= 15 is 0 Å². The lowest BCUT2D eigenvalue weighted by molar-refractivity contribution is 0.0950. The topological polar surface area (TPSA) is 59.8 Å². The second-order valence-electron chi connectivity index (χ2n) is 4.33. The Bertz CT molecular complexity index is 754. The summed E-state index contributed by atoms with van der Waals surface area (Å²) >= 11 is 1.57. The van der Waals surface area contributed by atoms with Crippen LogP contribution in [-0.4, -0.2) is 20.9 Å². The van der Waals surface area contributed by atoms with Gasteiger partial charge in [-0.3, -0.25) is 4.79 Å². The molecule has 5 nitrogen and oxygen atoms in total. The number of carbonyl (C=O) groups excluding carboxylic acids is 1. The molecule has 0 radical (unpaired) electrons. The van der Waals surface area contributed by atoms with Crippen LogP contribution in [0.5, 0.6) is 0 Å². The molecule has 21 heavy (non-hydrogen) atoms. The van der Waals surface area contributed by atoms with Gasteiger partial charge in [-0.05, 0) is 29.6 Å². The molecule has 0 aliphatic rings. The van der Waals surface area contributed by atoms with E-state index in [1.807, 2.05) is 16.8 Å². The molecule has 1 N–H and O–H groups in total. The van der Waals surface area contributed by atoms with E-state index in [1.165, 1.54) is 18.2 Å². The number of nitrogens with one attached hydrogen (secondary N) is 1. The van der Waals surface area contributed by atoms with Crippen LogP contribution < -0.4 is 5.32 Å². The maximum atomic E-state index is 13.0. The molecule has 0 fully saturated rings. The Kier molecular flexibility index (Phi) is 3.74. The predicted octanol–water partition coefficient (Wildman–Crippen LogP) is 2.40. The molecule has 0 spiro atoms. The zero-order chi connectivity index (χ0) is 14.7. The lowest BCUT2D eigenvalue weighted by Crippen LogP contribution is -2.23. The van der Waals surface area contributed by atoms with Crippen molar-refractivity contribution in [3.63, 3.8) is 0 Å². The minimum absolute atomic E-state index is 0.236. The SMILES string of the molecule is O=C(NCc1cn(-c2ccsc2)nn1)c1cccc(F)c1. The number of carbonyl (C=O) groups is 1. The quantitative estimate of drug-likeness (QED) is 0.805. The highest BCUT2D eigenvalue weighted by atomic mass is 32.1. The highest BCUT2D eigenvalue weighted by molar-refractivity contribution is 7.08. The number of hydrogen-bond acceptors (Lipinski definition) is 4. The van der Waals surface area contributed by atoms with Crippen LogP contribution in [0.4, 0.5) is 4.39 Å². The fourth-order valence-corrected chi connectivity index (χ4v) is 2.42. The Morgan fingerprint density at radius 3 is 3.05 bits per heavy atom. The number of amides is 1. The molecule has 0 atom stereocenters. The molecule has 0 bridgehead atoms. The van der Waals surface area contributed by atoms with E-state index in [2.05, 4.69) is 15.6 Å². The Balaban J connectivity index is 1.64. The average Bonchev–Trinajstić information content (AvgIpc) is 3.15. The molecule has 0 saturated heterocycles. The normalized spacial score (nSPS) is 10.5. The van der Waals surface area contributed by atoms with Crippen molar-refractivity contribution in [2.45, 2.75) is 6.54 Å². The fraction of sp³-hybridized carbons (Fsp3) is 0.0714. The van der Waals surface area contributed by atoms with E-state index in [0.717, 1.165) is 5.69 Å². The van der Waals surface area contributed by atoms with Crippen LogP contribution in [0.3, 0.4) is 0 Å². The van der Waals surface area contributed by atoms with Gasteiger partial charge in [-0.15, -0.1) is 5.10 Å². The van der Waals surface area contributed by atoms with Crippen molar-refractivity contribution in [1.29, 1.82) is 0 Å². The highest BCUT2D eigenvalue weighted by Gasteiger charge is 2.08. The third-order valence-corrected chi connectivity index (χ3v) is 3.50. The van der Waals surface area contributed by atoms with Crippen LogP contribution in [0, 0.1) is 5.82 Å². The largest absolute Gasteiger partial charge is 0.346 e. The van der Waals surface area contributed by atoms with E-state index in [4.69, 9.17) is 0 Å². The van der Waals surface area contributed by atoms with Gasteiger partial charge in [0.05, 0.1) is 18.4 Å². The molecule has 1 aromatic carbocycles. The molecular weight excluding hydrogens is 291 g/mol. The van der Waals surface area contributed by atoms with Crippen LogP contribution in [0.1, 0.15) is 16.1 Å². The molecule has 2 heterocycles. The van der Waals surface area contributed by atoms with Gasteiger partial charge >= 0.3 is 0 Å². The van der Waals surface area contributed by atoms with E-state index in [0.29, 0.717) is 5.69 Å². The Labute approximate surface area is 124 Å². The van der Waals surface area contributed by atoms with E-state index in [-0.39, 0.29) is 18.0 Å². The maximum absolute atomic E-state index is 13.0. The Morgan fingerprint density at radius 2 is 2.29 bits per heavy atom. The summed E-state index contributed by atoms with van der Waals surface area (Å²) in [6.45, 7) is 0.236. The van der Waals surface area contributed by atoms with Gasteiger partial charge in [0, 0.05) is 10.9 Å². The summed E-state index contributed by atoms with van der Waals surface area (Å²) in [5, 5.41) is 14.5. The third kappa shape index (κ3) is 3.14. The summed E-state index contributed by atoms with van der Waals surface area (Å²) < 4.78 is 14.7. The first-order chi connectivity index (χ1) is 10.2. The standard InChI is InChI=1S/C14H11FN4OS/c15-11-3-1-2-10(6-11)14(20)16-7-12-8-19(18-17-12)13-4-5-21-9-13/h1-6,8-9H,7H2,(H,16,20). The molecule has 1 amide bonds. The molecule has 3 aromatic rings. The van der Waals surface area contributed by atoms with Crippen LogP contribution >= 0.6 is 11.3 Å². The van der Waals surface area contributed by atoms with Crippen LogP contribution in [0.15, 0.2) is 47.3 Å². The lowest BCUT2D eigenvalue weighted by Gasteiger charge is -2.02. The zero-order valence-corrected chi connectivity index (χ0v) is 11.7. The van der Waals surface area contributed by atoms with Gasteiger partial charge in [-0.25, -0.2) is 9.07 Å². The first-order valence-electron chi connectivity index (χ1n) is 6.20. The molecule has 7 heteroatoms. The smallest absolute Gasteiger partial charge is 0.251 e. The van der Waals surface area contributed by atoms with Gasteiger partial charge in [-0.1, -0.05) is 11.3 Å². The average molecular weight is 302 g/mol. The zero-order valence-electron chi connectivity index (χ0n) is 10.9. The van der Waals surface area contributed by atoms with Crippen molar-refractivity contribution in [1.82, 2.24) is 20.3 Å². The Hall–Kier alpha value is -2.54. The van der Waals surface area contributed by atoms with Crippen LogP contribution in [0.25, 0.3) is 5.69 Å². The minimum Gasteiger partial charge on any atom is -0.346 e. The van der Waals surface area contributed by atoms with E-state index in [1.54, 1.807) is 28.3 Å². The van der Waals surface area contributed by atoms with Crippen molar-refractivity contribution in [2.75, 3.05) is 0 Å². The number of hydrogen-bond donors (Lipinski definition) is 1. The Morgan fingerprint density at radius 1 is 1.38 bits per heavy atom. The fourth-order valence-electron chi connectivity index (χ4n) is 1.80. The van der Waals surface area contributed by atoms with Gasteiger partial charge in [0.2, 0.25) is 0 Å². The van der Waals surface area contributed by atoms with Crippen LogP contribution in [-0.2, 0) is 6.54 Å². The number of benzene rings is 1. The lowest BCUT2D eigenvalue weighted by atomic mass is 10.2. The van der Waals surface area contributed by atoms with Gasteiger partial charge in [0.1, 0.15) is 11.5 Å². The summed E-state index contributed by atoms with van der Waals surface area (Å²) in [7, 11) is 0. The summed E-state index contributed by atoms with van der Waals surface area (Å²) in [5.74, 6) is -0.786. The summed E-state index contributed by atoms with van der Waals surface area (Å²) in [6, 6.07) is 7.47. The monoisotopic (exact) mass is 302 g/mol.